The first-order valence-electron chi connectivity index (χ1n) is 8.19. The maximum absolute atomic E-state index is 12.6. The van der Waals surface area contributed by atoms with Gasteiger partial charge in [0.2, 0.25) is 0 Å². The maximum Gasteiger partial charge on any atom is 0.305 e. The molecule has 0 aliphatic heterocycles. The summed E-state index contributed by atoms with van der Waals surface area (Å²) >= 11 is 0. The van der Waals surface area contributed by atoms with Crippen LogP contribution in [0.15, 0.2) is 42.5 Å². The van der Waals surface area contributed by atoms with E-state index in [0.29, 0.717) is 22.6 Å². The van der Waals surface area contributed by atoms with Gasteiger partial charge in [0.25, 0.3) is 5.91 Å². The zero-order chi connectivity index (χ0) is 19.8. The van der Waals surface area contributed by atoms with Gasteiger partial charge in [-0.15, -0.1) is 0 Å². The SMILES string of the molecule is COc1ccc([C@@H](CC(=O)O)NC(=O)c2ccc(CC#N)cc2)c(OC)c1. The molecule has 7 nitrogen and oxygen atoms in total. The molecule has 0 aromatic heterocycles. The van der Waals surface area contributed by atoms with Gasteiger partial charge in [-0.3, -0.25) is 9.59 Å². The number of carbonyl (C=O) groups excluding carboxylic acids is 1. The molecule has 0 aliphatic rings. The summed E-state index contributed by atoms with van der Waals surface area (Å²) in [6.07, 6.45) is -0.0481. The van der Waals surface area contributed by atoms with Crippen LogP contribution >= 0.6 is 0 Å². The van der Waals surface area contributed by atoms with Crippen LogP contribution in [0.25, 0.3) is 0 Å². The number of methoxy groups -OCH3 is 2. The van der Waals surface area contributed by atoms with Crippen molar-refractivity contribution >= 4 is 11.9 Å². The van der Waals surface area contributed by atoms with Crippen molar-refractivity contribution in [3.05, 3.63) is 59.2 Å². The van der Waals surface area contributed by atoms with Gasteiger partial charge < -0.3 is 19.9 Å². The number of benzene rings is 2. The number of rotatable bonds is 8. The lowest BCUT2D eigenvalue weighted by molar-refractivity contribution is -0.137. The largest absolute Gasteiger partial charge is 0.497 e. The molecule has 0 heterocycles. The quantitative estimate of drug-likeness (QED) is 0.741. The number of hydrogen-bond acceptors (Lipinski definition) is 5. The average molecular weight is 368 g/mol. The molecule has 0 bridgehead atoms. The highest BCUT2D eigenvalue weighted by atomic mass is 16.5. The molecule has 2 aromatic carbocycles. The maximum atomic E-state index is 12.6. The number of carboxylic acid groups (broad SMARTS) is 1. The molecule has 0 spiro atoms. The van der Waals surface area contributed by atoms with Crippen LogP contribution in [0.2, 0.25) is 0 Å². The second-order valence-electron chi connectivity index (χ2n) is 5.76. The molecular formula is C20H20N2O5. The van der Waals surface area contributed by atoms with E-state index in [1.807, 2.05) is 6.07 Å². The van der Waals surface area contributed by atoms with E-state index in [1.54, 1.807) is 42.5 Å². The van der Waals surface area contributed by atoms with Crippen LogP contribution < -0.4 is 14.8 Å². The fourth-order valence-corrected chi connectivity index (χ4v) is 2.63. The predicted molar refractivity (Wildman–Crippen MR) is 97.8 cm³/mol. The smallest absolute Gasteiger partial charge is 0.305 e. The van der Waals surface area contributed by atoms with Crippen LogP contribution in [0, 0.1) is 11.3 Å². The summed E-state index contributed by atoms with van der Waals surface area (Å²) in [4.78, 5) is 23.9. The number of hydrogen-bond donors (Lipinski definition) is 2. The fourth-order valence-electron chi connectivity index (χ4n) is 2.63. The lowest BCUT2D eigenvalue weighted by Gasteiger charge is -2.20. The number of nitriles is 1. The first-order chi connectivity index (χ1) is 13.0. The van der Waals surface area contributed by atoms with Gasteiger partial charge in [-0.2, -0.15) is 5.26 Å². The predicted octanol–water partition coefficient (Wildman–Crippen LogP) is 2.72. The van der Waals surface area contributed by atoms with Gasteiger partial charge in [0.05, 0.1) is 39.2 Å². The van der Waals surface area contributed by atoms with Gasteiger partial charge in [-0.05, 0) is 29.8 Å². The normalized spacial score (nSPS) is 11.1. The van der Waals surface area contributed by atoms with Gasteiger partial charge in [0.1, 0.15) is 11.5 Å². The standard InChI is InChI=1S/C20H20N2O5/c1-26-15-7-8-16(18(11-15)27-2)17(12-19(23)24)22-20(25)14-5-3-13(4-6-14)9-10-21/h3-8,11,17H,9,12H2,1-2H3,(H,22,25)(H,23,24)/t17-/m1/s1. The van der Waals surface area contributed by atoms with Crippen molar-refractivity contribution < 1.29 is 24.2 Å². The van der Waals surface area contributed by atoms with Crippen molar-refractivity contribution in [3.63, 3.8) is 0 Å². The molecule has 0 saturated heterocycles. The van der Waals surface area contributed by atoms with E-state index in [9.17, 15) is 14.7 Å². The Kier molecular flexibility index (Phi) is 6.78. The molecule has 0 fully saturated rings. The zero-order valence-electron chi connectivity index (χ0n) is 15.1. The molecule has 2 aromatic rings. The van der Waals surface area contributed by atoms with Crippen molar-refractivity contribution in [2.45, 2.75) is 18.9 Å². The first kappa shape index (κ1) is 19.8. The molecule has 1 atom stereocenters. The molecule has 140 valence electrons. The number of amides is 1. The van der Waals surface area contributed by atoms with E-state index in [2.05, 4.69) is 5.32 Å². The lowest BCUT2D eigenvalue weighted by Crippen LogP contribution is -2.30. The van der Waals surface area contributed by atoms with Gasteiger partial charge >= 0.3 is 5.97 Å². The number of nitrogens with zero attached hydrogens (tertiary/aromatic N) is 1. The Morgan fingerprint density at radius 1 is 1.15 bits per heavy atom. The van der Waals surface area contributed by atoms with Crippen molar-refractivity contribution in [2.24, 2.45) is 0 Å². The van der Waals surface area contributed by atoms with Crippen molar-refractivity contribution in [1.82, 2.24) is 5.32 Å². The minimum atomic E-state index is -1.05. The Labute approximate surface area is 157 Å². The third-order valence-corrected chi connectivity index (χ3v) is 4.00. The van der Waals surface area contributed by atoms with Gasteiger partial charge in [-0.25, -0.2) is 0 Å². The molecule has 2 rings (SSSR count). The Morgan fingerprint density at radius 2 is 1.85 bits per heavy atom. The second-order valence-corrected chi connectivity index (χ2v) is 5.76. The van der Waals surface area contributed by atoms with Crippen LogP contribution in [0.1, 0.15) is 33.9 Å². The van der Waals surface area contributed by atoms with E-state index >= 15 is 0 Å². The summed E-state index contributed by atoms with van der Waals surface area (Å²) in [6.45, 7) is 0. The van der Waals surface area contributed by atoms with E-state index in [1.165, 1.54) is 14.2 Å². The van der Waals surface area contributed by atoms with E-state index in [-0.39, 0.29) is 12.8 Å². The van der Waals surface area contributed by atoms with Crippen LogP contribution in [0.3, 0.4) is 0 Å². The highest BCUT2D eigenvalue weighted by molar-refractivity contribution is 5.94. The number of ether oxygens (including phenoxy) is 2. The minimum Gasteiger partial charge on any atom is -0.497 e. The average Bonchev–Trinajstić information content (AvgIpc) is 2.67. The summed E-state index contributed by atoms with van der Waals surface area (Å²) in [5.41, 5.74) is 1.71. The van der Waals surface area contributed by atoms with E-state index in [0.717, 1.165) is 5.56 Å². The summed E-state index contributed by atoms with van der Waals surface area (Å²) in [5.74, 6) is -0.487. The third-order valence-electron chi connectivity index (χ3n) is 4.00. The van der Waals surface area contributed by atoms with Gasteiger partial charge in [0, 0.05) is 17.2 Å². The van der Waals surface area contributed by atoms with Crippen molar-refractivity contribution in [2.75, 3.05) is 14.2 Å². The highest BCUT2D eigenvalue weighted by Gasteiger charge is 2.22. The Hall–Kier alpha value is -3.53. The van der Waals surface area contributed by atoms with Gasteiger partial charge in [0.15, 0.2) is 0 Å². The van der Waals surface area contributed by atoms with Gasteiger partial charge in [-0.1, -0.05) is 12.1 Å². The number of carbonyl (C=O) groups is 2. The zero-order valence-corrected chi connectivity index (χ0v) is 15.1. The van der Waals surface area contributed by atoms with Crippen LogP contribution in [-0.2, 0) is 11.2 Å². The van der Waals surface area contributed by atoms with E-state index < -0.39 is 17.9 Å². The molecule has 2 N–H and O–H groups in total. The number of carboxylic acids is 1. The third kappa shape index (κ3) is 5.22. The Bertz CT molecular complexity index is 856. The molecule has 0 aliphatic carbocycles. The van der Waals surface area contributed by atoms with Crippen LogP contribution in [0.5, 0.6) is 11.5 Å². The van der Waals surface area contributed by atoms with E-state index in [4.69, 9.17) is 14.7 Å². The second kappa shape index (κ2) is 9.25. The molecule has 0 saturated carbocycles. The van der Waals surface area contributed by atoms with Crippen molar-refractivity contribution in [1.29, 1.82) is 5.26 Å². The molecule has 1 amide bonds. The van der Waals surface area contributed by atoms with Crippen LogP contribution in [-0.4, -0.2) is 31.2 Å². The molecule has 7 heteroatoms. The Morgan fingerprint density at radius 3 is 2.41 bits per heavy atom. The molecule has 0 radical (unpaired) electrons. The van der Waals surface area contributed by atoms with Crippen molar-refractivity contribution in [3.8, 4) is 17.6 Å². The first-order valence-corrected chi connectivity index (χ1v) is 8.19. The van der Waals surface area contributed by atoms with Crippen LogP contribution in [0.4, 0.5) is 0 Å². The topological polar surface area (TPSA) is 109 Å². The fraction of sp³-hybridized carbons (Fsp3) is 0.250. The summed E-state index contributed by atoms with van der Waals surface area (Å²) in [5, 5.41) is 20.7. The molecular weight excluding hydrogens is 348 g/mol. The summed E-state index contributed by atoms with van der Waals surface area (Å²) < 4.78 is 10.5. The minimum absolute atomic E-state index is 0.257. The molecule has 0 unspecified atom stereocenters. The Balaban J connectivity index is 2.27. The molecule has 27 heavy (non-hydrogen) atoms. The summed E-state index contributed by atoms with van der Waals surface area (Å²) in [6, 6.07) is 12.8. The number of nitrogens with one attached hydrogen (secondary N) is 1. The highest BCUT2D eigenvalue weighted by Crippen LogP contribution is 2.31. The number of aliphatic carboxylic acids is 1. The lowest BCUT2D eigenvalue weighted by atomic mass is 10.0. The summed E-state index contributed by atoms with van der Waals surface area (Å²) in [7, 11) is 2.98. The monoisotopic (exact) mass is 368 g/mol.